The summed E-state index contributed by atoms with van der Waals surface area (Å²) in [4.78, 5) is 20.3. The summed E-state index contributed by atoms with van der Waals surface area (Å²) >= 11 is 0. The van der Waals surface area contributed by atoms with E-state index in [0.29, 0.717) is 24.8 Å². The summed E-state index contributed by atoms with van der Waals surface area (Å²) in [6.07, 6.45) is 5.42. The van der Waals surface area contributed by atoms with Crippen LogP contribution in [0.1, 0.15) is 23.5 Å². The van der Waals surface area contributed by atoms with E-state index >= 15 is 0 Å². The third-order valence-electron chi connectivity index (χ3n) is 3.66. The zero-order valence-electron chi connectivity index (χ0n) is 12.8. The van der Waals surface area contributed by atoms with Crippen LogP contribution in [-0.2, 0) is 4.79 Å². The molecular formula is C17H17N3O3. The number of carbonyl (C=O) groups is 1. The molecule has 2 heterocycles. The number of carbonyl (C=O) groups excluding carboxylic acids is 1. The van der Waals surface area contributed by atoms with E-state index in [1.807, 2.05) is 18.2 Å². The van der Waals surface area contributed by atoms with E-state index < -0.39 is 0 Å². The number of ether oxygens (including phenoxy) is 2. The first-order valence-corrected chi connectivity index (χ1v) is 7.24. The molecule has 2 aromatic rings. The molecule has 0 fully saturated rings. The van der Waals surface area contributed by atoms with Gasteiger partial charge in [-0.1, -0.05) is 18.7 Å². The molecule has 0 aliphatic carbocycles. The van der Waals surface area contributed by atoms with Crippen molar-refractivity contribution in [1.29, 1.82) is 0 Å². The normalized spacial score (nSPS) is 16.2. The summed E-state index contributed by atoms with van der Waals surface area (Å²) in [7, 11) is 1.52. The van der Waals surface area contributed by atoms with Gasteiger partial charge in [0.05, 0.1) is 7.11 Å². The zero-order valence-corrected chi connectivity index (χ0v) is 12.8. The minimum absolute atomic E-state index is 0.0424. The number of amides is 1. The second-order valence-corrected chi connectivity index (χ2v) is 5.16. The summed E-state index contributed by atoms with van der Waals surface area (Å²) in [6.45, 7) is 4.04. The van der Waals surface area contributed by atoms with Crippen LogP contribution in [0.4, 0.5) is 5.69 Å². The van der Waals surface area contributed by atoms with Gasteiger partial charge in [-0.2, -0.15) is 0 Å². The molecular weight excluding hydrogens is 294 g/mol. The SMILES string of the molecule is C=CCOc1ccc2c(c1)NC(=O)CC2c1cnc(OC)nc1. The van der Waals surface area contributed by atoms with Crippen LogP contribution in [0.2, 0.25) is 0 Å². The number of methoxy groups -OCH3 is 1. The number of hydrogen-bond acceptors (Lipinski definition) is 5. The lowest BCUT2D eigenvalue weighted by molar-refractivity contribution is -0.116. The number of hydrogen-bond donors (Lipinski definition) is 1. The van der Waals surface area contributed by atoms with Crippen molar-refractivity contribution in [2.75, 3.05) is 19.0 Å². The van der Waals surface area contributed by atoms with Crippen LogP contribution >= 0.6 is 0 Å². The second kappa shape index (κ2) is 6.48. The van der Waals surface area contributed by atoms with Gasteiger partial charge in [-0.05, 0) is 17.2 Å². The van der Waals surface area contributed by atoms with Crippen LogP contribution in [0.5, 0.6) is 11.8 Å². The first-order chi connectivity index (χ1) is 11.2. The summed E-state index contributed by atoms with van der Waals surface area (Å²) in [5.74, 6) is 0.563. The molecule has 23 heavy (non-hydrogen) atoms. The van der Waals surface area contributed by atoms with Crippen LogP contribution in [0.3, 0.4) is 0 Å². The Kier molecular flexibility index (Phi) is 4.23. The Morgan fingerprint density at radius 3 is 2.87 bits per heavy atom. The predicted octanol–water partition coefficient (Wildman–Crippen LogP) is 2.52. The molecule has 0 spiro atoms. The summed E-state index contributed by atoms with van der Waals surface area (Å²) in [5, 5.41) is 2.89. The second-order valence-electron chi connectivity index (χ2n) is 5.16. The van der Waals surface area contributed by atoms with E-state index in [4.69, 9.17) is 9.47 Å². The quantitative estimate of drug-likeness (QED) is 0.859. The highest BCUT2D eigenvalue weighted by molar-refractivity contribution is 5.95. The maximum absolute atomic E-state index is 12.0. The maximum Gasteiger partial charge on any atom is 0.316 e. The molecule has 1 aromatic heterocycles. The monoisotopic (exact) mass is 311 g/mol. The summed E-state index contributed by atoms with van der Waals surface area (Å²) in [6, 6.07) is 5.98. The van der Waals surface area contributed by atoms with Crippen molar-refractivity contribution < 1.29 is 14.3 Å². The molecule has 6 nitrogen and oxygen atoms in total. The van der Waals surface area contributed by atoms with Crippen molar-refractivity contribution in [1.82, 2.24) is 9.97 Å². The third kappa shape index (κ3) is 3.15. The van der Waals surface area contributed by atoms with E-state index in [9.17, 15) is 4.79 Å². The van der Waals surface area contributed by atoms with Crippen molar-refractivity contribution in [3.8, 4) is 11.8 Å². The third-order valence-corrected chi connectivity index (χ3v) is 3.66. The molecule has 0 bridgehead atoms. The van der Waals surface area contributed by atoms with E-state index in [2.05, 4.69) is 21.9 Å². The minimum Gasteiger partial charge on any atom is -0.489 e. The molecule has 3 rings (SSSR count). The largest absolute Gasteiger partial charge is 0.489 e. The molecule has 1 unspecified atom stereocenters. The smallest absolute Gasteiger partial charge is 0.316 e. The Morgan fingerprint density at radius 1 is 1.39 bits per heavy atom. The molecule has 6 heteroatoms. The van der Waals surface area contributed by atoms with Gasteiger partial charge >= 0.3 is 6.01 Å². The molecule has 1 N–H and O–H groups in total. The van der Waals surface area contributed by atoms with Crippen LogP contribution < -0.4 is 14.8 Å². The van der Waals surface area contributed by atoms with Crippen LogP contribution in [-0.4, -0.2) is 29.6 Å². The average Bonchev–Trinajstić information content (AvgIpc) is 2.59. The fourth-order valence-electron chi connectivity index (χ4n) is 2.60. The van der Waals surface area contributed by atoms with Crippen molar-refractivity contribution >= 4 is 11.6 Å². The fourth-order valence-corrected chi connectivity index (χ4v) is 2.60. The number of fused-ring (bicyclic) bond motifs is 1. The lowest BCUT2D eigenvalue weighted by atomic mass is 9.86. The van der Waals surface area contributed by atoms with Gasteiger partial charge in [0.2, 0.25) is 5.91 Å². The predicted molar refractivity (Wildman–Crippen MR) is 85.8 cm³/mol. The number of benzene rings is 1. The van der Waals surface area contributed by atoms with Crippen LogP contribution in [0.15, 0.2) is 43.2 Å². The van der Waals surface area contributed by atoms with E-state index in [0.717, 1.165) is 16.8 Å². The summed E-state index contributed by atoms with van der Waals surface area (Å²) < 4.78 is 10.5. The van der Waals surface area contributed by atoms with Gasteiger partial charge in [0.1, 0.15) is 12.4 Å². The standard InChI is InChI=1S/C17H17N3O3/c1-3-6-23-12-4-5-13-14(8-16(21)20-15(13)7-12)11-9-18-17(22-2)19-10-11/h3-5,7,9-10,14H,1,6,8H2,2H3,(H,20,21). The molecule has 0 saturated heterocycles. The highest BCUT2D eigenvalue weighted by Crippen LogP contribution is 2.38. The molecule has 0 radical (unpaired) electrons. The van der Waals surface area contributed by atoms with Gasteiger partial charge in [-0.3, -0.25) is 4.79 Å². The Labute approximate surface area is 134 Å². The number of rotatable bonds is 5. The van der Waals surface area contributed by atoms with Gasteiger partial charge in [0.15, 0.2) is 0 Å². The molecule has 1 aliphatic heterocycles. The van der Waals surface area contributed by atoms with Crippen LogP contribution in [0.25, 0.3) is 0 Å². The molecule has 1 amide bonds. The highest BCUT2D eigenvalue weighted by atomic mass is 16.5. The number of aromatic nitrogens is 2. The number of anilines is 1. The van der Waals surface area contributed by atoms with E-state index in [-0.39, 0.29) is 11.8 Å². The fraction of sp³-hybridized carbons (Fsp3) is 0.235. The van der Waals surface area contributed by atoms with Crippen molar-refractivity contribution in [3.05, 3.63) is 54.4 Å². The topological polar surface area (TPSA) is 73.3 Å². The zero-order chi connectivity index (χ0) is 16.2. The number of nitrogens with one attached hydrogen (secondary N) is 1. The lowest BCUT2D eigenvalue weighted by Crippen LogP contribution is -2.23. The van der Waals surface area contributed by atoms with Gasteiger partial charge in [0, 0.05) is 36.5 Å². The Hall–Kier alpha value is -2.89. The Morgan fingerprint density at radius 2 is 2.17 bits per heavy atom. The van der Waals surface area contributed by atoms with E-state index in [1.54, 1.807) is 18.5 Å². The lowest BCUT2D eigenvalue weighted by Gasteiger charge is -2.26. The van der Waals surface area contributed by atoms with Crippen LogP contribution in [0, 0.1) is 0 Å². The molecule has 1 aliphatic rings. The van der Waals surface area contributed by atoms with Crippen molar-refractivity contribution in [2.24, 2.45) is 0 Å². The Bertz CT molecular complexity index is 728. The molecule has 1 atom stereocenters. The maximum atomic E-state index is 12.0. The molecule has 118 valence electrons. The summed E-state index contributed by atoms with van der Waals surface area (Å²) in [5.41, 5.74) is 2.65. The van der Waals surface area contributed by atoms with Gasteiger partial charge < -0.3 is 14.8 Å². The number of nitrogens with zero attached hydrogens (tertiary/aromatic N) is 2. The average molecular weight is 311 g/mol. The molecule has 0 saturated carbocycles. The van der Waals surface area contributed by atoms with Crippen molar-refractivity contribution in [3.63, 3.8) is 0 Å². The molecule has 1 aromatic carbocycles. The first-order valence-electron chi connectivity index (χ1n) is 7.24. The highest BCUT2D eigenvalue weighted by Gasteiger charge is 2.27. The van der Waals surface area contributed by atoms with E-state index in [1.165, 1.54) is 7.11 Å². The van der Waals surface area contributed by atoms with Gasteiger partial charge in [-0.15, -0.1) is 0 Å². The Balaban J connectivity index is 1.94. The minimum atomic E-state index is -0.0851. The van der Waals surface area contributed by atoms with Crippen molar-refractivity contribution in [2.45, 2.75) is 12.3 Å². The van der Waals surface area contributed by atoms with Gasteiger partial charge in [-0.25, -0.2) is 9.97 Å². The first kappa shape index (κ1) is 15.0. The van der Waals surface area contributed by atoms with Gasteiger partial charge in [0.25, 0.3) is 0 Å².